The zero-order chi connectivity index (χ0) is 22.0. The minimum atomic E-state index is -0.730. The molecule has 2 aromatic rings. The average Bonchev–Trinajstić information content (AvgIpc) is 2.96. The molecule has 0 unspecified atom stereocenters. The van der Waals surface area contributed by atoms with E-state index in [1.807, 2.05) is 14.1 Å². The van der Waals surface area contributed by atoms with Gasteiger partial charge >= 0.3 is 0 Å². The van der Waals surface area contributed by atoms with Crippen LogP contribution < -0.4 is 9.64 Å². The number of ether oxygens (including phenoxy) is 1. The summed E-state index contributed by atoms with van der Waals surface area (Å²) >= 11 is 0. The van der Waals surface area contributed by atoms with Crippen molar-refractivity contribution in [3.63, 3.8) is 0 Å². The monoisotopic (exact) mass is 411 g/mol. The average molecular weight is 411 g/mol. The first-order valence-corrected chi connectivity index (χ1v) is 9.76. The first-order valence-electron chi connectivity index (χ1n) is 9.76. The van der Waals surface area contributed by atoms with E-state index in [0.29, 0.717) is 30.0 Å². The molecular formula is C23H27N2O5+. The molecule has 1 atom stereocenters. The number of carbonyl (C=O) groups is 2. The fourth-order valence-electron chi connectivity index (χ4n) is 3.63. The highest BCUT2D eigenvalue weighted by atomic mass is 16.5. The van der Waals surface area contributed by atoms with Crippen LogP contribution in [0.1, 0.15) is 22.7 Å². The van der Waals surface area contributed by atoms with Crippen molar-refractivity contribution in [2.24, 2.45) is 0 Å². The summed E-state index contributed by atoms with van der Waals surface area (Å²) in [5.74, 6) is -0.851. The number of quaternary nitrogens is 1. The van der Waals surface area contributed by atoms with Gasteiger partial charge in [0.1, 0.15) is 17.3 Å². The van der Waals surface area contributed by atoms with Gasteiger partial charge in [-0.25, -0.2) is 0 Å². The van der Waals surface area contributed by atoms with Gasteiger partial charge in [-0.3, -0.25) is 9.59 Å². The molecule has 0 aromatic heterocycles. The van der Waals surface area contributed by atoms with E-state index in [4.69, 9.17) is 4.74 Å². The quantitative estimate of drug-likeness (QED) is 0.378. The number of rotatable bonds is 6. The van der Waals surface area contributed by atoms with Crippen LogP contribution in [0, 0.1) is 6.92 Å². The van der Waals surface area contributed by atoms with Crippen LogP contribution in [-0.4, -0.2) is 61.1 Å². The van der Waals surface area contributed by atoms with Crippen LogP contribution in [0.15, 0.2) is 48.0 Å². The number of ketones is 1. The molecule has 0 saturated carbocycles. The van der Waals surface area contributed by atoms with Gasteiger partial charge in [0.2, 0.25) is 0 Å². The molecule has 1 saturated heterocycles. The minimum absolute atomic E-state index is 0.0488. The second kappa shape index (κ2) is 8.59. The van der Waals surface area contributed by atoms with Gasteiger partial charge in [0.25, 0.3) is 11.7 Å². The Hall–Kier alpha value is -3.32. The van der Waals surface area contributed by atoms with Gasteiger partial charge in [0.15, 0.2) is 0 Å². The Morgan fingerprint density at radius 1 is 1.13 bits per heavy atom. The topological polar surface area (TPSA) is 91.5 Å². The molecule has 1 amide bonds. The highest BCUT2D eigenvalue weighted by Crippen LogP contribution is 2.40. The van der Waals surface area contributed by atoms with Crippen molar-refractivity contribution in [2.45, 2.75) is 13.0 Å². The van der Waals surface area contributed by atoms with E-state index >= 15 is 0 Å². The summed E-state index contributed by atoms with van der Waals surface area (Å²) in [7, 11) is 5.48. The number of hydrogen-bond acceptors (Lipinski definition) is 5. The number of aryl methyl sites for hydroxylation is 1. The lowest BCUT2D eigenvalue weighted by Crippen LogP contribution is -3.06. The summed E-state index contributed by atoms with van der Waals surface area (Å²) < 4.78 is 5.21. The molecule has 1 fully saturated rings. The third-order valence-corrected chi connectivity index (χ3v) is 5.29. The number of aliphatic hydroxyl groups is 1. The Balaban J connectivity index is 2.16. The van der Waals surface area contributed by atoms with Gasteiger partial charge in [-0.15, -0.1) is 0 Å². The van der Waals surface area contributed by atoms with Gasteiger partial charge in [-0.1, -0.05) is 12.1 Å². The highest BCUT2D eigenvalue weighted by Gasteiger charge is 2.46. The number of aromatic hydroxyl groups is 1. The van der Waals surface area contributed by atoms with E-state index in [1.165, 1.54) is 17.0 Å². The fourth-order valence-corrected chi connectivity index (χ4v) is 3.63. The Morgan fingerprint density at radius 2 is 1.80 bits per heavy atom. The zero-order valence-corrected chi connectivity index (χ0v) is 17.6. The summed E-state index contributed by atoms with van der Waals surface area (Å²) in [6.07, 6.45) is 0. The number of nitrogens with zero attached hydrogens (tertiary/aromatic N) is 1. The van der Waals surface area contributed by atoms with Crippen LogP contribution in [0.25, 0.3) is 5.76 Å². The maximum Gasteiger partial charge on any atom is 0.295 e. The molecule has 1 aliphatic rings. The molecule has 1 heterocycles. The second-order valence-electron chi connectivity index (χ2n) is 7.72. The SMILES string of the molecule is COc1ccc(C(O)=C2C(=O)C(=O)N(CC[NH+](C)C)[C@H]2c2ccc(O)cc2)c(C)c1. The molecule has 30 heavy (non-hydrogen) atoms. The number of likely N-dealkylation sites (N-methyl/N-ethyl adjacent to an activating group) is 1. The number of nitrogens with one attached hydrogen (secondary N) is 1. The Labute approximate surface area is 175 Å². The summed E-state index contributed by atoms with van der Waals surface area (Å²) in [5.41, 5.74) is 1.89. The predicted molar refractivity (Wildman–Crippen MR) is 113 cm³/mol. The number of hydrogen-bond donors (Lipinski definition) is 3. The Kier molecular flexibility index (Phi) is 6.12. The number of methoxy groups -OCH3 is 1. The highest BCUT2D eigenvalue weighted by molar-refractivity contribution is 6.46. The van der Waals surface area contributed by atoms with Crippen LogP contribution in [0.2, 0.25) is 0 Å². The number of carbonyl (C=O) groups excluding carboxylic acids is 2. The van der Waals surface area contributed by atoms with Gasteiger partial charge in [0.05, 0.1) is 45.9 Å². The predicted octanol–water partition coefficient (Wildman–Crippen LogP) is 1.28. The molecule has 158 valence electrons. The van der Waals surface area contributed by atoms with Crippen molar-refractivity contribution in [3.8, 4) is 11.5 Å². The van der Waals surface area contributed by atoms with Gasteiger partial charge in [0, 0.05) is 5.56 Å². The van der Waals surface area contributed by atoms with Crippen LogP contribution in [0.5, 0.6) is 11.5 Å². The molecule has 2 aromatic carbocycles. The number of phenols is 1. The first kappa shape index (κ1) is 21.4. The standard InChI is InChI=1S/C23H26N2O5/c1-14-13-17(30-4)9-10-18(14)21(27)19-20(15-5-7-16(26)8-6-15)25(12-11-24(2)3)23(29)22(19)28/h5-10,13,20,26-27H,11-12H2,1-4H3/p+1/t20-/m0/s1. The largest absolute Gasteiger partial charge is 0.508 e. The summed E-state index contributed by atoms with van der Waals surface area (Å²) in [4.78, 5) is 28.4. The maximum absolute atomic E-state index is 13.0. The van der Waals surface area contributed by atoms with E-state index in [9.17, 15) is 19.8 Å². The van der Waals surface area contributed by atoms with Crippen LogP contribution in [-0.2, 0) is 9.59 Å². The molecule has 0 aliphatic carbocycles. The molecule has 1 aliphatic heterocycles. The van der Waals surface area contributed by atoms with Crippen molar-refractivity contribution in [1.82, 2.24) is 4.90 Å². The number of amides is 1. The third-order valence-electron chi connectivity index (χ3n) is 5.29. The van der Waals surface area contributed by atoms with Crippen molar-refractivity contribution in [1.29, 1.82) is 0 Å². The molecule has 7 heteroatoms. The molecule has 3 N–H and O–H groups in total. The minimum Gasteiger partial charge on any atom is -0.508 e. The summed E-state index contributed by atoms with van der Waals surface area (Å²) in [6, 6.07) is 10.7. The van der Waals surface area contributed by atoms with Gasteiger partial charge < -0.3 is 24.7 Å². The summed E-state index contributed by atoms with van der Waals surface area (Å²) in [6.45, 7) is 2.80. The molecule has 0 bridgehead atoms. The van der Waals surface area contributed by atoms with Gasteiger partial charge in [-0.2, -0.15) is 0 Å². The van der Waals surface area contributed by atoms with Crippen molar-refractivity contribution in [2.75, 3.05) is 34.3 Å². The van der Waals surface area contributed by atoms with Gasteiger partial charge in [-0.05, 0) is 48.4 Å². The third kappa shape index (κ3) is 4.02. The number of benzene rings is 2. The number of Topliss-reactive ketones (excluding diaryl/α,β-unsaturated/α-hetero) is 1. The van der Waals surface area contributed by atoms with Crippen molar-refractivity contribution < 1.29 is 29.4 Å². The molecular weight excluding hydrogens is 384 g/mol. The van der Waals surface area contributed by atoms with Crippen molar-refractivity contribution >= 4 is 17.4 Å². The van der Waals surface area contributed by atoms with E-state index in [0.717, 1.165) is 10.5 Å². The Bertz CT molecular complexity index is 995. The van der Waals surface area contributed by atoms with Crippen LogP contribution >= 0.6 is 0 Å². The fraction of sp³-hybridized carbons (Fsp3) is 0.304. The van der Waals surface area contributed by atoms with E-state index in [-0.39, 0.29) is 17.1 Å². The van der Waals surface area contributed by atoms with E-state index < -0.39 is 17.7 Å². The first-order chi connectivity index (χ1) is 14.2. The lowest BCUT2D eigenvalue weighted by atomic mass is 9.94. The lowest BCUT2D eigenvalue weighted by molar-refractivity contribution is -0.857. The van der Waals surface area contributed by atoms with Crippen molar-refractivity contribution in [3.05, 3.63) is 64.7 Å². The van der Waals surface area contributed by atoms with Crippen LogP contribution in [0.4, 0.5) is 0 Å². The number of phenolic OH excluding ortho intramolecular Hbond substituents is 1. The molecule has 3 rings (SSSR count). The maximum atomic E-state index is 13.0. The molecule has 7 nitrogen and oxygen atoms in total. The zero-order valence-electron chi connectivity index (χ0n) is 17.6. The summed E-state index contributed by atoms with van der Waals surface area (Å²) in [5, 5.41) is 20.8. The van der Waals surface area contributed by atoms with Crippen LogP contribution in [0.3, 0.4) is 0 Å². The molecule has 0 spiro atoms. The number of aliphatic hydroxyl groups excluding tert-OH is 1. The Morgan fingerprint density at radius 3 is 2.37 bits per heavy atom. The normalized spacial score (nSPS) is 18.3. The van der Waals surface area contributed by atoms with E-state index in [1.54, 1.807) is 44.4 Å². The smallest absolute Gasteiger partial charge is 0.295 e. The molecule has 0 radical (unpaired) electrons. The second-order valence-corrected chi connectivity index (χ2v) is 7.72. The van der Waals surface area contributed by atoms with E-state index in [2.05, 4.69) is 0 Å². The lowest BCUT2D eigenvalue weighted by Gasteiger charge is -2.25. The number of likely N-dealkylation sites (tertiary alicyclic amines) is 1.